The fourth-order valence-electron chi connectivity index (χ4n) is 1.97. The zero-order chi connectivity index (χ0) is 14.7. The van der Waals surface area contributed by atoms with Crippen molar-refractivity contribution in [1.82, 2.24) is 0 Å². The van der Waals surface area contributed by atoms with Crippen LogP contribution in [0, 0.1) is 12.7 Å². The van der Waals surface area contributed by atoms with Gasteiger partial charge in [-0.3, -0.25) is 4.79 Å². The van der Waals surface area contributed by atoms with Crippen LogP contribution in [0.2, 0.25) is 0 Å². The summed E-state index contributed by atoms with van der Waals surface area (Å²) in [6.45, 7) is 1.91. The van der Waals surface area contributed by atoms with Gasteiger partial charge in [-0.2, -0.15) is 0 Å². The molecule has 0 amide bonds. The number of rotatable bonds is 4. The molecule has 0 spiro atoms. The molecule has 20 heavy (non-hydrogen) atoms. The van der Waals surface area contributed by atoms with E-state index in [1.165, 1.54) is 13.2 Å². The summed E-state index contributed by atoms with van der Waals surface area (Å²) < 4.78 is 19.7. The number of ketones is 1. The summed E-state index contributed by atoms with van der Waals surface area (Å²) in [5, 5.41) is 0. The molecule has 0 unspecified atom stereocenters. The van der Waals surface area contributed by atoms with Gasteiger partial charge in [-0.1, -0.05) is 39.7 Å². The van der Waals surface area contributed by atoms with E-state index in [9.17, 15) is 9.18 Å². The number of carbonyl (C=O) groups excluding carboxylic acids is 1. The van der Waals surface area contributed by atoms with Crippen LogP contribution in [0.25, 0.3) is 0 Å². The molecule has 104 valence electrons. The third kappa shape index (κ3) is 3.07. The molecule has 2 aromatic carbocycles. The monoisotopic (exact) mass is 336 g/mol. The Morgan fingerprint density at radius 1 is 1.30 bits per heavy atom. The van der Waals surface area contributed by atoms with Crippen molar-refractivity contribution in [3.63, 3.8) is 0 Å². The SMILES string of the molecule is COc1cccc(CC(=O)c2cc(C)ccc2Br)c1F. The molecule has 0 saturated heterocycles. The van der Waals surface area contributed by atoms with E-state index in [2.05, 4.69) is 15.9 Å². The highest BCUT2D eigenvalue weighted by atomic mass is 79.9. The second kappa shape index (κ2) is 6.18. The Bertz CT molecular complexity index is 653. The van der Waals surface area contributed by atoms with Crippen LogP contribution in [-0.2, 0) is 6.42 Å². The number of halogens is 2. The number of hydrogen-bond acceptors (Lipinski definition) is 2. The minimum Gasteiger partial charge on any atom is -0.494 e. The Labute approximate surface area is 125 Å². The van der Waals surface area contributed by atoms with Gasteiger partial charge in [-0.25, -0.2) is 4.39 Å². The molecule has 0 aliphatic heterocycles. The lowest BCUT2D eigenvalue weighted by atomic mass is 10.0. The van der Waals surface area contributed by atoms with Crippen molar-refractivity contribution in [3.05, 3.63) is 63.4 Å². The molecule has 0 radical (unpaired) electrons. The highest BCUT2D eigenvalue weighted by Crippen LogP contribution is 2.24. The molecule has 0 saturated carbocycles. The molecule has 0 heterocycles. The van der Waals surface area contributed by atoms with E-state index >= 15 is 0 Å². The molecule has 2 aromatic rings. The number of hydrogen-bond donors (Lipinski definition) is 0. The van der Waals surface area contributed by atoms with Gasteiger partial charge >= 0.3 is 0 Å². The van der Waals surface area contributed by atoms with Crippen molar-refractivity contribution in [3.8, 4) is 5.75 Å². The summed E-state index contributed by atoms with van der Waals surface area (Å²) in [7, 11) is 1.40. The smallest absolute Gasteiger partial charge is 0.168 e. The highest BCUT2D eigenvalue weighted by molar-refractivity contribution is 9.10. The highest BCUT2D eigenvalue weighted by Gasteiger charge is 2.15. The average Bonchev–Trinajstić information content (AvgIpc) is 2.43. The zero-order valence-corrected chi connectivity index (χ0v) is 12.8. The second-order valence-electron chi connectivity index (χ2n) is 4.52. The number of aryl methyl sites for hydroxylation is 1. The molecule has 2 rings (SSSR count). The third-order valence-electron chi connectivity index (χ3n) is 3.04. The minimum atomic E-state index is -0.480. The van der Waals surface area contributed by atoms with Gasteiger partial charge in [0, 0.05) is 16.5 Å². The molecule has 0 N–H and O–H groups in total. The maximum atomic E-state index is 14.0. The summed E-state index contributed by atoms with van der Waals surface area (Å²) >= 11 is 3.35. The minimum absolute atomic E-state index is 0.00505. The third-order valence-corrected chi connectivity index (χ3v) is 3.73. The van der Waals surface area contributed by atoms with Gasteiger partial charge in [0.1, 0.15) is 0 Å². The summed E-state index contributed by atoms with van der Waals surface area (Å²) in [6.07, 6.45) is 0.00505. The maximum absolute atomic E-state index is 14.0. The lowest BCUT2D eigenvalue weighted by molar-refractivity contribution is 0.0991. The largest absolute Gasteiger partial charge is 0.494 e. The fourth-order valence-corrected chi connectivity index (χ4v) is 2.44. The Morgan fingerprint density at radius 2 is 2.05 bits per heavy atom. The molecule has 0 atom stereocenters. The van der Waals surface area contributed by atoms with E-state index in [1.807, 2.05) is 19.1 Å². The molecule has 0 aliphatic carbocycles. The van der Waals surface area contributed by atoms with E-state index in [4.69, 9.17) is 4.74 Å². The first-order valence-electron chi connectivity index (χ1n) is 6.13. The summed E-state index contributed by atoms with van der Waals surface area (Å²) in [5.41, 5.74) is 1.89. The predicted molar refractivity (Wildman–Crippen MR) is 79.9 cm³/mol. The number of carbonyl (C=O) groups is 1. The molecule has 0 bridgehead atoms. The lowest BCUT2D eigenvalue weighted by Gasteiger charge is -2.08. The second-order valence-corrected chi connectivity index (χ2v) is 5.37. The normalized spacial score (nSPS) is 10.4. The van der Waals surface area contributed by atoms with Crippen molar-refractivity contribution in [2.75, 3.05) is 7.11 Å². The standard InChI is InChI=1S/C16H14BrFO2/c1-10-6-7-13(17)12(8-10)14(19)9-11-4-3-5-15(20-2)16(11)18/h3-8H,9H2,1-2H3. The van der Waals surface area contributed by atoms with E-state index in [0.717, 1.165) is 10.0 Å². The molecule has 2 nitrogen and oxygen atoms in total. The van der Waals surface area contributed by atoms with Crippen molar-refractivity contribution in [2.45, 2.75) is 13.3 Å². The van der Waals surface area contributed by atoms with E-state index in [0.29, 0.717) is 11.1 Å². The van der Waals surface area contributed by atoms with Crippen molar-refractivity contribution in [2.24, 2.45) is 0 Å². The first-order chi connectivity index (χ1) is 9.52. The van der Waals surface area contributed by atoms with E-state index in [1.54, 1.807) is 18.2 Å². The number of Topliss-reactive ketones (excluding diaryl/α,β-unsaturated/α-hetero) is 1. The van der Waals surface area contributed by atoms with Crippen LogP contribution in [0.1, 0.15) is 21.5 Å². The van der Waals surface area contributed by atoms with E-state index in [-0.39, 0.29) is 18.0 Å². The fraction of sp³-hybridized carbons (Fsp3) is 0.188. The molecule has 0 fully saturated rings. The summed E-state index contributed by atoms with van der Waals surface area (Å²) in [4.78, 5) is 12.3. The quantitative estimate of drug-likeness (QED) is 0.776. The van der Waals surface area contributed by atoms with Gasteiger partial charge in [0.15, 0.2) is 17.3 Å². The summed E-state index contributed by atoms with van der Waals surface area (Å²) in [5.74, 6) is -0.460. The van der Waals surface area contributed by atoms with E-state index < -0.39 is 5.82 Å². The van der Waals surface area contributed by atoms with Gasteiger partial charge in [-0.15, -0.1) is 0 Å². The van der Waals surface area contributed by atoms with Crippen LogP contribution in [0.15, 0.2) is 40.9 Å². The Hall–Kier alpha value is -1.68. The average molecular weight is 337 g/mol. The van der Waals surface area contributed by atoms with Gasteiger partial charge in [0.2, 0.25) is 0 Å². The van der Waals surface area contributed by atoms with Crippen LogP contribution in [0.4, 0.5) is 4.39 Å². The molecular formula is C16H14BrFO2. The topological polar surface area (TPSA) is 26.3 Å². The van der Waals surface area contributed by atoms with Crippen molar-refractivity contribution >= 4 is 21.7 Å². The maximum Gasteiger partial charge on any atom is 0.168 e. The van der Waals surface area contributed by atoms with Crippen LogP contribution in [0.3, 0.4) is 0 Å². The van der Waals surface area contributed by atoms with Gasteiger partial charge < -0.3 is 4.74 Å². The van der Waals surface area contributed by atoms with Crippen molar-refractivity contribution < 1.29 is 13.9 Å². The van der Waals surface area contributed by atoms with Crippen LogP contribution < -0.4 is 4.74 Å². The van der Waals surface area contributed by atoms with Crippen LogP contribution >= 0.6 is 15.9 Å². The lowest BCUT2D eigenvalue weighted by Crippen LogP contribution is -2.07. The van der Waals surface area contributed by atoms with Crippen LogP contribution in [0.5, 0.6) is 5.75 Å². The van der Waals surface area contributed by atoms with Gasteiger partial charge in [-0.05, 0) is 30.7 Å². The Morgan fingerprint density at radius 3 is 2.75 bits per heavy atom. The molecular weight excluding hydrogens is 323 g/mol. The number of benzene rings is 2. The zero-order valence-electron chi connectivity index (χ0n) is 11.2. The van der Waals surface area contributed by atoms with Gasteiger partial charge in [0.05, 0.1) is 7.11 Å². The first kappa shape index (κ1) is 14.7. The molecule has 0 aromatic heterocycles. The number of methoxy groups -OCH3 is 1. The molecule has 4 heteroatoms. The van der Waals surface area contributed by atoms with Crippen LogP contribution in [-0.4, -0.2) is 12.9 Å². The molecule has 0 aliphatic rings. The predicted octanol–water partition coefficient (Wildman–Crippen LogP) is 4.33. The first-order valence-corrected chi connectivity index (χ1v) is 6.93. The summed E-state index contributed by atoms with van der Waals surface area (Å²) in [6, 6.07) is 10.3. The van der Waals surface area contributed by atoms with Crippen molar-refractivity contribution in [1.29, 1.82) is 0 Å². The Kier molecular flexibility index (Phi) is 4.55. The van der Waals surface area contributed by atoms with Gasteiger partial charge in [0.25, 0.3) is 0 Å². The number of ether oxygens (including phenoxy) is 1. The Balaban J connectivity index is 2.30.